The van der Waals surface area contributed by atoms with Gasteiger partial charge in [-0.1, -0.05) is 51.1 Å². The van der Waals surface area contributed by atoms with E-state index < -0.39 is 41.0 Å². The van der Waals surface area contributed by atoms with Crippen LogP contribution in [0.3, 0.4) is 0 Å². The van der Waals surface area contributed by atoms with E-state index in [1.165, 1.54) is 15.7 Å². The second kappa shape index (κ2) is 9.42. The van der Waals surface area contributed by atoms with Crippen molar-refractivity contribution in [2.24, 2.45) is 5.41 Å². The van der Waals surface area contributed by atoms with E-state index in [0.29, 0.717) is 12.0 Å². The first-order valence-electron chi connectivity index (χ1n) is 10.6. The zero-order valence-electron chi connectivity index (χ0n) is 18.8. The Morgan fingerprint density at radius 1 is 1.16 bits per heavy atom. The second-order valence-corrected chi connectivity index (χ2v) is 9.03. The van der Waals surface area contributed by atoms with E-state index in [9.17, 15) is 19.2 Å². The molecule has 9 nitrogen and oxygen atoms in total. The molecule has 2 atom stereocenters. The third-order valence-corrected chi connectivity index (χ3v) is 5.31. The summed E-state index contributed by atoms with van der Waals surface area (Å²) in [5.74, 6) is -0.494. The van der Waals surface area contributed by atoms with Gasteiger partial charge >= 0.3 is 17.8 Å². The van der Waals surface area contributed by atoms with Gasteiger partial charge in [-0.2, -0.15) is 0 Å². The van der Waals surface area contributed by atoms with Gasteiger partial charge in [-0.15, -0.1) is 0 Å². The third kappa shape index (κ3) is 5.27. The van der Waals surface area contributed by atoms with Gasteiger partial charge in [-0.3, -0.25) is 14.7 Å². The third-order valence-electron chi connectivity index (χ3n) is 5.31. The fourth-order valence-corrected chi connectivity index (χ4v) is 3.63. The molecule has 9 heteroatoms. The number of amides is 1. The highest BCUT2D eigenvalue weighted by molar-refractivity contribution is 5.84. The van der Waals surface area contributed by atoms with Crippen molar-refractivity contribution < 1.29 is 19.1 Å². The number of esters is 1. The Labute approximate surface area is 186 Å². The minimum absolute atomic E-state index is 0.0833. The number of H-pyrrole nitrogens is 1. The largest absolute Gasteiger partial charge is 0.444 e. The van der Waals surface area contributed by atoms with Gasteiger partial charge in [0.15, 0.2) is 6.23 Å². The normalized spacial score (nSPS) is 18.5. The number of aryl methyl sites for hydroxylation is 2. The zero-order valence-corrected chi connectivity index (χ0v) is 18.8. The molecule has 172 valence electrons. The number of ether oxygens (including phenoxy) is 2. The quantitative estimate of drug-likeness (QED) is 0.687. The van der Waals surface area contributed by atoms with Crippen molar-refractivity contribution in [2.75, 3.05) is 0 Å². The highest BCUT2D eigenvalue weighted by atomic mass is 16.6. The number of nitrogens with one attached hydrogen (secondary N) is 1. The number of carbonyl (C=O) groups is 2. The number of carbonyl (C=O) groups excluding carboxylic acids is 2. The van der Waals surface area contributed by atoms with Gasteiger partial charge in [0.05, 0.1) is 0 Å². The van der Waals surface area contributed by atoms with E-state index in [2.05, 4.69) is 4.98 Å². The van der Waals surface area contributed by atoms with Crippen LogP contribution in [0.2, 0.25) is 0 Å². The first-order chi connectivity index (χ1) is 15.1. The number of aromatic nitrogens is 2. The lowest BCUT2D eigenvalue weighted by Crippen LogP contribution is -2.48. The molecule has 1 aromatic heterocycles. The molecule has 1 aliphatic heterocycles. The second-order valence-electron chi connectivity index (χ2n) is 9.03. The van der Waals surface area contributed by atoms with Crippen LogP contribution in [0.15, 0.2) is 46.1 Å². The first-order valence-corrected chi connectivity index (χ1v) is 10.6. The van der Waals surface area contributed by atoms with Crippen LogP contribution in [0.4, 0.5) is 4.79 Å². The van der Waals surface area contributed by atoms with Crippen molar-refractivity contribution in [1.29, 1.82) is 0 Å². The molecule has 0 saturated carbocycles. The van der Waals surface area contributed by atoms with Crippen LogP contribution < -0.4 is 11.2 Å². The first kappa shape index (κ1) is 23.3. The number of hydrogen-bond acceptors (Lipinski definition) is 6. The predicted octanol–water partition coefficient (Wildman–Crippen LogP) is 2.56. The lowest BCUT2D eigenvalue weighted by molar-refractivity contribution is -0.147. The Morgan fingerprint density at radius 3 is 2.50 bits per heavy atom. The van der Waals surface area contributed by atoms with Crippen LogP contribution in [0.5, 0.6) is 0 Å². The molecule has 1 aromatic carbocycles. The zero-order chi connectivity index (χ0) is 23.5. The van der Waals surface area contributed by atoms with E-state index in [-0.39, 0.29) is 19.6 Å². The molecule has 3 rings (SSSR count). The Hall–Kier alpha value is -3.36. The monoisotopic (exact) mass is 443 g/mol. The van der Waals surface area contributed by atoms with Gasteiger partial charge in [0.1, 0.15) is 12.6 Å². The van der Waals surface area contributed by atoms with Crippen LogP contribution in [-0.2, 0) is 27.4 Å². The van der Waals surface area contributed by atoms with Crippen LogP contribution in [0, 0.1) is 12.3 Å². The van der Waals surface area contributed by atoms with Gasteiger partial charge in [-0.05, 0) is 25.3 Å². The molecule has 2 aromatic rings. The van der Waals surface area contributed by atoms with Crippen molar-refractivity contribution >= 4 is 12.1 Å². The van der Waals surface area contributed by atoms with Crippen molar-refractivity contribution in [2.45, 2.75) is 66.0 Å². The van der Waals surface area contributed by atoms with E-state index in [0.717, 1.165) is 5.56 Å². The lowest BCUT2D eigenvalue weighted by atomic mass is 9.93. The van der Waals surface area contributed by atoms with E-state index in [1.54, 1.807) is 6.92 Å². The summed E-state index contributed by atoms with van der Waals surface area (Å²) >= 11 is 0. The van der Waals surface area contributed by atoms with Crippen LogP contribution >= 0.6 is 0 Å². The van der Waals surface area contributed by atoms with Crippen molar-refractivity contribution in [3.63, 3.8) is 0 Å². The summed E-state index contributed by atoms with van der Waals surface area (Å²) in [4.78, 5) is 52.8. The Morgan fingerprint density at radius 2 is 1.84 bits per heavy atom. The van der Waals surface area contributed by atoms with E-state index in [1.807, 2.05) is 51.1 Å². The molecule has 1 aliphatic rings. The summed E-state index contributed by atoms with van der Waals surface area (Å²) < 4.78 is 12.4. The highest BCUT2D eigenvalue weighted by Gasteiger charge is 2.50. The summed E-state index contributed by atoms with van der Waals surface area (Å²) in [7, 11) is 0. The fourth-order valence-electron chi connectivity index (χ4n) is 3.63. The van der Waals surface area contributed by atoms with E-state index >= 15 is 0 Å². The van der Waals surface area contributed by atoms with Gasteiger partial charge in [0.25, 0.3) is 5.56 Å². The highest BCUT2D eigenvalue weighted by Crippen LogP contribution is 2.34. The summed E-state index contributed by atoms with van der Waals surface area (Å²) in [6.07, 6.45) is 0.807. The molecule has 32 heavy (non-hydrogen) atoms. The SMILES string of the molecule is Cc1cn(CCC[C@H]2C(=O)O[C@@H](C(C)(C)C)N2C(=O)OCc2ccccc2)c(=O)[nH]c1=O. The minimum Gasteiger partial charge on any atom is -0.444 e. The van der Waals surface area contributed by atoms with Crippen molar-refractivity contribution in [3.05, 3.63) is 68.5 Å². The van der Waals surface area contributed by atoms with Gasteiger partial charge in [-0.25, -0.2) is 14.4 Å². The average Bonchev–Trinajstić information content (AvgIpc) is 3.07. The Bertz CT molecular complexity index is 1080. The van der Waals surface area contributed by atoms with Gasteiger partial charge in [0, 0.05) is 23.7 Å². The molecule has 0 radical (unpaired) electrons. The van der Waals surface area contributed by atoms with Gasteiger partial charge in [0.2, 0.25) is 0 Å². The molecule has 0 bridgehead atoms. The molecule has 0 unspecified atom stereocenters. The minimum atomic E-state index is -0.818. The molecule has 1 fully saturated rings. The van der Waals surface area contributed by atoms with Gasteiger partial charge < -0.3 is 14.0 Å². The van der Waals surface area contributed by atoms with Crippen LogP contribution in [0.25, 0.3) is 0 Å². The summed E-state index contributed by atoms with van der Waals surface area (Å²) in [5.41, 5.74) is -0.191. The number of rotatable bonds is 6. The van der Waals surface area contributed by atoms with Crippen molar-refractivity contribution in [1.82, 2.24) is 14.5 Å². The molecule has 1 amide bonds. The molecule has 1 N–H and O–H groups in total. The standard InChI is InChI=1S/C23H29N3O6/c1-15-13-25(21(29)24-18(15)27)12-8-11-17-19(28)32-20(23(2,3)4)26(17)22(30)31-14-16-9-6-5-7-10-16/h5-7,9-10,13,17,20H,8,11-12,14H2,1-4H3,(H,24,27,29)/t17-,20-/m0/s1. The maximum absolute atomic E-state index is 13.0. The van der Waals surface area contributed by atoms with Crippen LogP contribution in [-0.4, -0.2) is 38.8 Å². The average molecular weight is 444 g/mol. The smallest absolute Gasteiger partial charge is 0.413 e. The molecular weight excluding hydrogens is 414 g/mol. The maximum atomic E-state index is 13.0. The number of aromatic amines is 1. The topological polar surface area (TPSA) is 111 Å². The fraction of sp³-hybridized carbons (Fsp3) is 0.478. The number of hydrogen-bond donors (Lipinski definition) is 1. The maximum Gasteiger partial charge on any atom is 0.413 e. The van der Waals surface area contributed by atoms with E-state index in [4.69, 9.17) is 9.47 Å². The predicted molar refractivity (Wildman–Crippen MR) is 117 cm³/mol. The number of cyclic esters (lactones) is 1. The molecule has 0 spiro atoms. The summed E-state index contributed by atoms with van der Waals surface area (Å²) in [6, 6.07) is 8.46. The lowest BCUT2D eigenvalue weighted by Gasteiger charge is -2.33. The molecule has 0 aliphatic carbocycles. The van der Waals surface area contributed by atoms with Crippen molar-refractivity contribution in [3.8, 4) is 0 Å². The Kier molecular flexibility index (Phi) is 6.86. The molecule has 2 heterocycles. The molecule has 1 saturated heterocycles. The summed E-state index contributed by atoms with van der Waals surface area (Å²) in [5, 5.41) is 0. The van der Waals surface area contributed by atoms with Crippen LogP contribution in [0.1, 0.15) is 44.7 Å². The molecular formula is C23H29N3O6. The summed E-state index contributed by atoms with van der Waals surface area (Å²) in [6.45, 7) is 7.63. The number of benzene rings is 1. The number of nitrogens with zero attached hydrogens (tertiary/aromatic N) is 2. The Balaban J connectivity index is 1.72.